The van der Waals surface area contributed by atoms with Crippen LogP contribution in [0.5, 0.6) is 11.5 Å². The van der Waals surface area contributed by atoms with Crippen LogP contribution in [0.4, 0.5) is 0 Å². The van der Waals surface area contributed by atoms with E-state index >= 15 is 0 Å². The van der Waals surface area contributed by atoms with Crippen molar-refractivity contribution in [1.82, 2.24) is 9.62 Å². The molecule has 0 unspecified atom stereocenters. The summed E-state index contributed by atoms with van der Waals surface area (Å²) in [7, 11) is -3.45. The topological polar surface area (TPSA) is 84.9 Å². The minimum atomic E-state index is -3.45. The second kappa shape index (κ2) is 11.9. The number of nitrogens with zero attached hydrogens (tertiary/aromatic N) is 1. The van der Waals surface area contributed by atoms with Crippen molar-refractivity contribution in [3.05, 3.63) is 58.6 Å². The molecular formula is C25H33ClN2O5S. The summed E-state index contributed by atoms with van der Waals surface area (Å²) in [6.45, 7) is 7.48. The second-order valence-corrected chi connectivity index (χ2v) is 10.8. The summed E-state index contributed by atoms with van der Waals surface area (Å²) >= 11 is 5.88. The molecule has 9 heteroatoms. The lowest BCUT2D eigenvalue weighted by Gasteiger charge is -2.31. The van der Waals surface area contributed by atoms with Crippen LogP contribution in [-0.2, 0) is 20.6 Å². The van der Waals surface area contributed by atoms with Crippen molar-refractivity contribution in [2.24, 2.45) is 5.92 Å². The van der Waals surface area contributed by atoms with Gasteiger partial charge in [-0.1, -0.05) is 29.8 Å². The molecule has 1 fully saturated rings. The first-order valence-corrected chi connectivity index (χ1v) is 13.6. The highest BCUT2D eigenvalue weighted by molar-refractivity contribution is 7.88. The maximum absolute atomic E-state index is 12.9. The van der Waals surface area contributed by atoms with Crippen LogP contribution in [-0.4, -0.2) is 44.9 Å². The van der Waals surface area contributed by atoms with Crippen molar-refractivity contribution in [1.29, 1.82) is 0 Å². The predicted molar refractivity (Wildman–Crippen MR) is 134 cm³/mol. The molecule has 2 aromatic carbocycles. The number of ether oxygens (including phenoxy) is 2. The zero-order chi connectivity index (χ0) is 24.7. The molecule has 1 aliphatic heterocycles. The number of amides is 1. The Labute approximate surface area is 207 Å². The molecule has 1 atom stereocenters. The van der Waals surface area contributed by atoms with E-state index in [2.05, 4.69) is 5.32 Å². The average molecular weight is 509 g/mol. The van der Waals surface area contributed by atoms with Crippen molar-refractivity contribution in [3.8, 4) is 11.5 Å². The molecule has 186 valence electrons. The lowest BCUT2D eigenvalue weighted by Crippen LogP contribution is -2.43. The van der Waals surface area contributed by atoms with Crippen molar-refractivity contribution in [3.63, 3.8) is 0 Å². The van der Waals surface area contributed by atoms with E-state index in [9.17, 15) is 13.2 Å². The SMILES string of the molecule is CCOc1ccc([C@H](C)NC(=O)C2CCN(S(=O)(=O)Cc3ccc(Cl)cc3)CC2)cc1OCC. The van der Waals surface area contributed by atoms with E-state index in [1.165, 1.54) is 4.31 Å². The van der Waals surface area contributed by atoms with Crippen LogP contribution in [0, 0.1) is 5.92 Å². The third kappa shape index (κ3) is 6.87. The normalized spacial score (nSPS) is 16.1. The highest BCUT2D eigenvalue weighted by atomic mass is 35.5. The van der Waals surface area contributed by atoms with Gasteiger partial charge in [-0.25, -0.2) is 12.7 Å². The minimum Gasteiger partial charge on any atom is -0.490 e. The molecule has 3 rings (SSSR count). The molecule has 1 amide bonds. The van der Waals surface area contributed by atoms with Gasteiger partial charge in [0.1, 0.15) is 0 Å². The molecule has 0 radical (unpaired) electrons. The third-order valence-electron chi connectivity index (χ3n) is 5.91. The van der Waals surface area contributed by atoms with Gasteiger partial charge in [0.25, 0.3) is 0 Å². The highest BCUT2D eigenvalue weighted by Crippen LogP contribution is 2.31. The van der Waals surface area contributed by atoms with Crippen LogP contribution in [0.25, 0.3) is 0 Å². The average Bonchev–Trinajstić information content (AvgIpc) is 2.82. The number of hydrogen-bond donors (Lipinski definition) is 1. The van der Waals surface area contributed by atoms with Crippen molar-refractivity contribution in [2.75, 3.05) is 26.3 Å². The van der Waals surface area contributed by atoms with Crippen molar-refractivity contribution < 1.29 is 22.7 Å². The van der Waals surface area contributed by atoms with E-state index in [1.54, 1.807) is 24.3 Å². The van der Waals surface area contributed by atoms with E-state index in [1.807, 2.05) is 39.0 Å². The maximum Gasteiger partial charge on any atom is 0.223 e. The van der Waals surface area contributed by atoms with Gasteiger partial charge in [-0.05, 0) is 69.0 Å². The molecule has 0 saturated carbocycles. The Morgan fingerprint density at radius 2 is 1.68 bits per heavy atom. The molecule has 7 nitrogen and oxygen atoms in total. The Hall–Kier alpha value is -2.29. The van der Waals surface area contributed by atoms with Gasteiger partial charge in [0, 0.05) is 24.0 Å². The van der Waals surface area contributed by atoms with Crippen LogP contribution in [0.15, 0.2) is 42.5 Å². The fourth-order valence-corrected chi connectivity index (χ4v) is 5.72. The lowest BCUT2D eigenvalue weighted by molar-refractivity contribution is -0.126. The number of nitrogens with one attached hydrogen (secondary N) is 1. The summed E-state index contributed by atoms with van der Waals surface area (Å²) in [5.74, 6) is 0.978. The van der Waals surface area contributed by atoms with Gasteiger partial charge in [0.05, 0.1) is 25.0 Å². The molecule has 1 saturated heterocycles. The Kier molecular flexibility index (Phi) is 9.22. The zero-order valence-corrected chi connectivity index (χ0v) is 21.5. The summed E-state index contributed by atoms with van der Waals surface area (Å²) in [5.41, 5.74) is 1.61. The molecule has 0 aromatic heterocycles. The summed E-state index contributed by atoms with van der Waals surface area (Å²) in [4.78, 5) is 12.9. The Morgan fingerprint density at radius 1 is 1.06 bits per heavy atom. The number of benzene rings is 2. The first-order chi connectivity index (χ1) is 16.2. The summed E-state index contributed by atoms with van der Waals surface area (Å²) in [5, 5.41) is 3.64. The first kappa shape index (κ1) is 26.3. The van der Waals surface area contributed by atoms with Gasteiger partial charge in [0.15, 0.2) is 11.5 Å². The first-order valence-electron chi connectivity index (χ1n) is 11.7. The summed E-state index contributed by atoms with van der Waals surface area (Å²) in [6, 6.07) is 12.3. The van der Waals surface area contributed by atoms with Crippen LogP contribution < -0.4 is 14.8 Å². The number of carbonyl (C=O) groups is 1. The van der Waals surface area contributed by atoms with Crippen molar-refractivity contribution in [2.45, 2.75) is 45.4 Å². The Morgan fingerprint density at radius 3 is 2.29 bits per heavy atom. The predicted octanol–water partition coefficient (Wildman–Crippen LogP) is 4.56. The second-order valence-electron chi connectivity index (χ2n) is 8.36. The smallest absolute Gasteiger partial charge is 0.223 e. The van der Waals surface area contributed by atoms with Gasteiger partial charge < -0.3 is 14.8 Å². The minimum absolute atomic E-state index is 0.0610. The number of carbonyl (C=O) groups excluding carboxylic acids is 1. The van der Waals surface area contributed by atoms with Crippen molar-refractivity contribution >= 4 is 27.5 Å². The number of sulfonamides is 1. The molecule has 2 aromatic rings. The van der Waals surface area contributed by atoms with Gasteiger partial charge >= 0.3 is 0 Å². The molecule has 0 spiro atoms. The van der Waals surface area contributed by atoms with E-state index in [0.717, 1.165) is 5.56 Å². The fraction of sp³-hybridized carbons (Fsp3) is 0.480. The van der Waals surface area contributed by atoms with Crippen LogP contribution >= 0.6 is 11.6 Å². The van der Waals surface area contributed by atoms with Gasteiger partial charge in [0.2, 0.25) is 15.9 Å². The molecule has 0 bridgehead atoms. The molecule has 34 heavy (non-hydrogen) atoms. The Bertz CT molecular complexity index is 1070. The van der Waals surface area contributed by atoms with E-state index in [4.69, 9.17) is 21.1 Å². The lowest BCUT2D eigenvalue weighted by atomic mass is 9.96. The van der Waals surface area contributed by atoms with Crippen LogP contribution in [0.3, 0.4) is 0 Å². The molecule has 0 aliphatic carbocycles. The number of rotatable bonds is 10. The van der Waals surface area contributed by atoms with E-state index in [0.29, 0.717) is 61.2 Å². The third-order valence-corrected chi connectivity index (χ3v) is 8.01. The Balaban J connectivity index is 1.56. The van der Waals surface area contributed by atoms with Crippen LogP contribution in [0.2, 0.25) is 5.02 Å². The summed E-state index contributed by atoms with van der Waals surface area (Å²) < 4.78 is 38.4. The van der Waals surface area contributed by atoms with Gasteiger partial charge in [-0.15, -0.1) is 0 Å². The number of hydrogen-bond acceptors (Lipinski definition) is 5. The van der Waals surface area contributed by atoms with Crippen LogP contribution in [0.1, 0.15) is 50.8 Å². The number of piperidine rings is 1. The molecule has 1 aliphatic rings. The largest absolute Gasteiger partial charge is 0.490 e. The summed E-state index contributed by atoms with van der Waals surface area (Å²) in [6.07, 6.45) is 0.984. The molecule has 1 heterocycles. The number of halogens is 1. The molecule has 1 N–H and O–H groups in total. The zero-order valence-electron chi connectivity index (χ0n) is 19.9. The molecular weight excluding hydrogens is 476 g/mol. The van der Waals surface area contributed by atoms with E-state index in [-0.39, 0.29) is 23.6 Å². The highest BCUT2D eigenvalue weighted by Gasteiger charge is 2.31. The fourth-order valence-electron chi connectivity index (χ4n) is 4.03. The van der Waals surface area contributed by atoms with Gasteiger partial charge in [-0.3, -0.25) is 4.79 Å². The quantitative estimate of drug-likeness (QED) is 0.508. The van der Waals surface area contributed by atoms with E-state index < -0.39 is 10.0 Å². The standard InChI is InChI=1S/C25H33ClN2O5S/c1-4-32-23-11-8-21(16-24(23)33-5-2)18(3)27-25(29)20-12-14-28(15-13-20)34(30,31)17-19-6-9-22(26)10-7-19/h6-11,16,18,20H,4-5,12-15,17H2,1-3H3,(H,27,29)/t18-/m0/s1. The maximum atomic E-state index is 12.9. The monoisotopic (exact) mass is 508 g/mol. The van der Waals surface area contributed by atoms with Gasteiger partial charge in [-0.2, -0.15) is 0 Å².